The average molecular weight is 230 g/mol. The molecule has 2 unspecified atom stereocenters. The van der Waals surface area contributed by atoms with E-state index in [9.17, 15) is 13.6 Å². The number of benzene rings is 1. The lowest BCUT2D eigenvalue weighted by molar-refractivity contribution is -0.139. The molecule has 0 fully saturated rings. The Morgan fingerprint density at radius 3 is 2.56 bits per heavy atom. The number of nitrogens with one attached hydrogen (secondary N) is 1. The number of aliphatic carboxylic acids is 1. The Bertz CT molecular complexity index is 398. The number of hydrogen-bond acceptors (Lipinski definition) is 3. The smallest absolute Gasteiger partial charge is 0.322 e. The molecule has 0 aromatic heterocycles. The van der Waals surface area contributed by atoms with E-state index in [1.54, 1.807) is 0 Å². The second-order valence-corrected chi connectivity index (χ2v) is 3.30. The highest BCUT2D eigenvalue weighted by molar-refractivity contribution is 5.74. The normalized spacial score (nSPS) is 14.5. The quantitative estimate of drug-likeness (QED) is 0.709. The summed E-state index contributed by atoms with van der Waals surface area (Å²) in [5.41, 5.74) is 5.41. The van der Waals surface area contributed by atoms with Crippen LogP contribution in [0.25, 0.3) is 0 Å². The van der Waals surface area contributed by atoms with Gasteiger partial charge >= 0.3 is 5.97 Å². The van der Waals surface area contributed by atoms with Gasteiger partial charge in [0.05, 0.1) is 6.04 Å². The van der Waals surface area contributed by atoms with Crippen molar-refractivity contribution in [1.82, 2.24) is 5.32 Å². The molecule has 0 aliphatic heterocycles. The summed E-state index contributed by atoms with van der Waals surface area (Å²) in [5, 5.41) is 11.3. The van der Waals surface area contributed by atoms with Gasteiger partial charge in [0.1, 0.15) is 17.7 Å². The van der Waals surface area contributed by atoms with E-state index in [-0.39, 0.29) is 5.56 Å². The van der Waals surface area contributed by atoms with Gasteiger partial charge in [-0.2, -0.15) is 0 Å². The third kappa shape index (κ3) is 2.53. The van der Waals surface area contributed by atoms with Crippen molar-refractivity contribution in [2.45, 2.75) is 12.1 Å². The minimum Gasteiger partial charge on any atom is -0.480 e. The molecule has 1 aromatic rings. The van der Waals surface area contributed by atoms with Crippen molar-refractivity contribution in [3.05, 3.63) is 35.4 Å². The lowest BCUT2D eigenvalue weighted by Crippen LogP contribution is -2.42. The molecule has 0 heterocycles. The third-order valence-corrected chi connectivity index (χ3v) is 2.25. The second-order valence-electron chi connectivity index (χ2n) is 3.30. The van der Waals surface area contributed by atoms with Crippen LogP contribution >= 0.6 is 0 Å². The van der Waals surface area contributed by atoms with Gasteiger partial charge in [-0.05, 0) is 13.1 Å². The monoisotopic (exact) mass is 230 g/mol. The fraction of sp³-hybridized carbons (Fsp3) is 0.300. The minimum atomic E-state index is -1.30. The van der Waals surface area contributed by atoms with Crippen LogP contribution in [0.1, 0.15) is 11.6 Å². The van der Waals surface area contributed by atoms with Crippen LogP contribution in [0.15, 0.2) is 18.2 Å². The second kappa shape index (κ2) is 5.00. The van der Waals surface area contributed by atoms with Crippen LogP contribution < -0.4 is 11.1 Å². The summed E-state index contributed by atoms with van der Waals surface area (Å²) in [6.07, 6.45) is 0. The molecule has 88 valence electrons. The molecule has 0 bridgehead atoms. The van der Waals surface area contributed by atoms with Crippen molar-refractivity contribution in [1.29, 1.82) is 0 Å². The first-order valence-electron chi connectivity index (χ1n) is 4.58. The summed E-state index contributed by atoms with van der Waals surface area (Å²) >= 11 is 0. The fourth-order valence-corrected chi connectivity index (χ4v) is 1.42. The van der Waals surface area contributed by atoms with Crippen molar-refractivity contribution in [3.63, 3.8) is 0 Å². The number of nitrogens with two attached hydrogens (primary N) is 1. The Labute approximate surface area is 91.1 Å². The Morgan fingerprint density at radius 1 is 1.50 bits per heavy atom. The maximum absolute atomic E-state index is 13.4. The number of halogens is 2. The summed E-state index contributed by atoms with van der Waals surface area (Å²) in [7, 11) is 1.45. The Morgan fingerprint density at radius 2 is 2.12 bits per heavy atom. The predicted molar refractivity (Wildman–Crippen MR) is 53.8 cm³/mol. The van der Waals surface area contributed by atoms with Gasteiger partial charge in [0.25, 0.3) is 0 Å². The molecule has 6 heteroatoms. The van der Waals surface area contributed by atoms with Crippen molar-refractivity contribution < 1.29 is 18.7 Å². The van der Waals surface area contributed by atoms with Gasteiger partial charge in [0.15, 0.2) is 0 Å². The zero-order valence-electron chi connectivity index (χ0n) is 8.58. The number of hydrogen-bond donors (Lipinski definition) is 3. The molecule has 16 heavy (non-hydrogen) atoms. The first-order chi connectivity index (χ1) is 7.47. The molecular weight excluding hydrogens is 218 g/mol. The lowest BCUT2D eigenvalue weighted by atomic mass is 9.99. The van der Waals surface area contributed by atoms with Gasteiger partial charge < -0.3 is 16.2 Å². The van der Waals surface area contributed by atoms with Crippen LogP contribution in [0.3, 0.4) is 0 Å². The Kier molecular flexibility index (Phi) is 3.92. The summed E-state index contributed by atoms with van der Waals surface area (Å²) in [6.45, 7) is 0. The molecule has 4 nitrogen and oxygen atoms in total. The number of carboxylic acid groups (broad SMARTS) is 1. The molecular formula is C10H12F2N2O2. The third-order valence-electron chi connectivity index (χ3n) is 2.25. The first-order valence-corrected chi connectivity index (χ1v) is 4.58. The first kappa shape index (κ1) is 12.5. The number of likely N-dealkylation sites (N-methyl/N-ethyl adjacent to an activating group) is 1. The maximum atomic E-state index is 13.4. The summed E-state index contributed by atoms with van der Waals surface area (Å²) in [6, 6.07) is 0.711. The zero-order valence-corrected chi connectivity index (χ0v) is 8.58. The van der Waals surface area contributed by atoms with E-state index in [0.717, 1.165) is 6.07 Å². The van der Waals surface area contributed by atoms with Gasteiger partial charge in [-0.1, -0.05) is 6.07 Å². The van der Waals surface area contributed by atoms with Crippen LogP contribution in [-0.2, 0) is 4.79 Å². The lowest BCUT2D eigenvalue weighted by Gasteiger charge is -2.21. The largest absolute Gasteiger partial charge is 0.480 e. The van der Waals surface area contributed by atoms with E-state index in [1.807, 2.05) is 0 Å². The van der Waals surface area contributed by atoms with Gasteiger partial charge in [0.2, 0.25) is 0 Å². The Balaban J connectivity index is 3.08. The molecule has 2 atom stereocenters. The number of carboxylic acids is 1. The summed E-state index contributed by atoms with van der Waals surface area (Å²) in [4.78, 5) is 10.7. The van der Waals surface area contributed by atoms with Crippen molar-refractivity contribution in [2.75, 3.05) is 7.05 Å². The highest BCUT2D eigenvalue weighted by Crippen LogP contribution is 2.20. The van der Waals surface area contributed by atoms with E-state index >= 15 is 0 Å². The van der Waals surface area contributed by atoms with Crippen LogP contribution in [-0.4, -0.2) is 24.2 Å². The molecule has 0 aliphatic carbocycles. The maximum Gasteiger partial charge on any atom is 0.322 e. The van der Waals surface area contributed by atoms with Crippen LogP contribution in [0.2, 0.25) is 0 Å². The van der Waals surface area contributed by atoms with E-state index in [4.69, 9.17) is 10.8 Å². The molecule has 0 spiro atoms. The zero-order chi connectivity index (χ0) is 12.3. The highest BCUT2D eigenvalue weighted by Gasteiger charge is 2.26. The van der Waals surface area contributed by atoms with Crippen LogP contribution in [0.4, 0.5) is 8.78 Å². The molecule has 0 aliphatic rings. The molecule has 0 saturated carbocycles. The van der Waals surface area contributed by atoms with Crippen LogP contribution in [0.5, 0.6) is 0 Å². The fourth-order valence-electron chi connectivity index (χ4n) is 1.42. The SMILES string of the molecule is CNC(c1ccc(F)cc1F)C(N)C(=O)O. The molecule has 1 rings (SSSR count). The van der Waals surface area contributed by atoms with Gasteiger partial charge in [-0.3, -0.25) is 4.79 Å². The van der Waals surface area contributed by atoms with Gasteiger partial charge in [0, 0.05) is 11.6 Å². The highest BCUT2D eigenvalue weighted by atomic mass is 19.1. The molecule has 0 radical (unpaired) electrons. The standard InChI is InChI=1S/C10H12F2N2O2/c1-14-9(8(13)10(15)16)6-3-2-5(11)4-7(6)12/h2-4,8-9,14H,13H2,1H3,(H,15,16). The van der Waals surface area contributed by atoms with Crippen molar-refractivity contribution in [2.24, 2.45) is 5.73 Å². The van der Waals surface area contributed by atoms with Gasteiger partial charge in [-0.15, -0.1) is 0 Å². The topological polar surface area (TPSA) is 75.3 Å². The summed E-state index contributed by atoms with van der Waals surface area (Å²) < 4.78 is 26.0. The van der Waals surface area contributed by atoms with Crippen LogP contribution in [0, 0.1) is 11.6 Å². The molecule has 0 saturated heterocycles. The van der Waals surface area contributed by atoms with E-state index in [1.165, 1.54) is 13.1 Å². The van der Waals surface area contributed by atoms with E-state index < -0.39 is 29.7 Å². The molecule has 0 amide bonds. The van der Waals surface area contributed by atoms with Crippen molar-refractivity contribution in [3.8, 4) is 0 Å². The summed E-state index contributed by atoms with van der Waals surface area (Å²) in [5.74, 6) is -2.81. The molecule has 1 aromatic carbocycles. The van der Waals surface area contributed by atoms with E-state index in [0.29, 0.717) is 6.07 Å². The Hall–Kier alpha value is -1.53. The number of carbonyl (C=O) groups is 1. The van der Waals surface area contributed by atoms with Gasteiger partial charge in [-0.25, -0.2) is 8.78 Å². The number of rotatable bonds is 4. The van der Waals surface area contributed by atoms with Crippen molar-refractivity contribution >= 4 is 5.97 Å². The molecule has 4 N–H and O–H groups in total. The minimum absolute atomic E-state index is 0.0267. The average Bonchev–Trinajstić information content (AvgIpc) is 2.21. The van der Waals surface area contributed by atoms with E-state index in [2.05, 4.69) is 5.32 Å². The predicted octanol–water partition coefficient (Wildman–Crippen LogP) is 0.637.